The van der Waals surface area contributed by atoms with Gasteiger partial charge in [-0.3, -0.25) is 9.10 Å². The van der Waals surface area contributed by atoms with Crippen LogP contribution in [-0.4, -0.2) is 35.2 Å². The lowest BCUT2D eigenvalue weighted by molar-refractivity contribution is -0.138. The number of carbonyl (C=O) groups excluding carboxylic acids is 1. The maximum atomic E-state index is 13.2. The molecule has 6 nitrogen and oxygen atoms in total. The Bertz CT molecular complexity index is 860. The van der Waals surface area contributed by atoms with Crippen molar-refractivity contribution in [3.8, 4) is 5.75 Å². The Morgan fingerprint density at radius 2 is 1.60 bits per heavy atom. The number of carbonyl (C=O) groups is 1. The predicted molar refractivity (Wildman–Crippen MR) is 95.5 cm³/mol. The predicted octanol–water partition coefficient (Wildman–Crippen LogP) is 2.68. The van der Waals surface area contributed by atoms with Crippen molar-refractivity contribution in [3.63, 3.8) is 0 Å². The zero-order chi connectivity index (χ0) is 18.6. The van der Waals surface area contributed by atoms with E-state index in [1.807, 2.05) is 6.92 Å². The molecule has 0 saturated carbocycles. The van der Waals surface area contributed by atoms with E-state index in [2.05, 4.69) is 4.74 Å². The van der Waals surface area contributed by atoms with Gasteiger partial charge < -0.3 is 9.47 Å². The molecule has 0 heterocycles. The fourth-order valence-corrected chi connectivity index (χ4v) is 3.96. The minimum Gasteiger partial charge on any atom is -0.495 e. The second-order valence-corrected chi connectivity index (χ2v) is 7.41. The maximum Gasteiger partial charge on any atom is 0.326 e. The van der Waals surface area contributed by atoms with E-state index in [4.69, 9.17) is 4.74 Å². The van der Waals surface area contributed by atoms with Crippen molar-refractivity contribution < 1.29 is 22.7 Å². The number of nitrogens with zero attached hydrogens (tertiary/aromatic N) is 1. The number of methoxy groups -OCH3 is 2. The van der Waals surface area contributed by atoms with Crippen LogP contribution >= 0.6 is 0 Å². The lowest BCUT2D eigenvalue weighted by Gasteiger charge is -2.24. The number of aryl methyl sites for hydroxylation is 2. The van der Waals surface area contributed by atoms with Crippen LogP contribution in [0.15, 0.2) is 47.4 Å². The molecule has 0 N–H and O–H groups in total. The molecule has 0 aromatic heterocycles. The van der Waals surface area contributed by atoms with Gasteiger partial charge in [0.15, 0.2) is 0 Å². The van der Waals surface area contributed by atoms with Gasteiger partial charge in [0.05, 0.1) is 19.9 Å². The highest BCUT2D eigenvalue weighted by Gasteiger charge is 2.30. The number of esters is 1. The number of hydrogen-bond acceptors (Lipinski definition) is 5. The number of benzene rings is 2. The SMILES string of the molecule is COC(=O)CN(c1ccc(C)cc1)S(=O)(=O)c1cc(C)ccc1OC. The highest BCUT2D eigenvalue weighted by Crippen LogP contribution is 2.31. The largest absolute Gasteiger partial charge is 0.495 e. The van der Waals surface area contributed by atoms with Crippen LogP contribution in [0.3, 0.4) is 0 Å². The molecule has 2 rings (SSSR count). The van der Waals surface area contributed by atoms with Crippen molar-refractivity contribution in [2.24, 2.45) is 0 Å². The van der Waals surface area contributed by atoms with Crippen molar-refractivity contribution in [3.05, 3.63) is 53.6 Å². The molecule has 2 aromatic rings. The average molecular weight is 363 g/mol. The molecule has 0 saturated heterocycles. The molecular weight excluding hydrogens is 342 g/mol. The molecule has 0 unspecified atom stereocenters. The van der Waals surface area contributed by atoms with E-state index in [0.717, 1.165) is 15.4 Å². The third kappa shape index (κ3) is 4.11. The molecule has 2 aromatic carbocycles. The molecule has 25 heavy (non-hydrogen) atoms. The normalized spacial score (nSPS) is 11.0. The molecule has 134 valence electrons. The van der Waals surface area contributed by atoms with Crippen LogP contribution in [0.5, 0.6) is 5.75 Å². The first-order valence-electron chi connectivity index (χ1n) is 7.60. The smallest absolute Gasteiger partial charge is 0.326 e. The Hall–Kier alpha value is -2.54. The number of rotatable bonds is 6. The van der Waals surface area contributed by atoms with E-state index < -0.39 is 22.5 Å². The first kappa shape index (κ1) is 18.8. The van der Waals surface area contributed by atoms with Gasteiger partial charge in [-0.05, 0) is 43.7 Å². The molecule has 0 fully saturated rings. The molecule has 0 bridgehead atoms. The van der Waals surface area contributed by atoms with Gasteiger partial charge in [0.2, 0.25) is 0 Å². The van der Waals surface area contributed by atoms with Crippen LogP contribution < -0.4 is 9.04 Å². The molecule has 0 aliphatic rings. The zero-order valence-electron chi connectivity index (χ0n) is 14.6. The molecule has 0 aliphatic heterocycles. The Morgan fingerprint density at radius 1 is 1.00 bits per heavy atom. The fraction of sp³-hybridized carbons (Fsp3) is 0.278. The summed E-state index contributed by atoms with van der Waals surface area (Å²) in [5.41, 5.74) is 2.12. The van der Waals surface area contributed by atoms with Crippen molar-refractivity contribution in [1.29, 1.82) is 0 Å². The summed E-state index contributed by atoms with van der Waals surface area (Å²) in [7, 11) is -1.41. The van der Waals surface area contributed by atoms with E-state index in [1.165, 1.54) is 20.3 Å². The van der Waals surface area contributed by atoms with Crippen molar-refractivity contribution in [1.82, 2.24) is 0 Å². The Labute approximate surface area is 148 Å². The van der Waals surface area contributed by atoms with Gasteiger partial charge in [-0.1, -0.05) is 23.8 Å². The monoisotopic (exact) mass is 363 g/mol. The first-order chi connectivity index (χ1) is 11.8. The number of anilines is 1. The van der Waals surface area contributed by atoms with E-state index >= 15 is 0 Å². The van der Waals surface area contributed by atoms with Crippen molar-refractivity contribution in [2.75, 3.05) is 25.1 Å². The standard InChI is InChI=1S/C18H21NO5S/c1-13-5-8-15(9-6-13)19(12-18(20)24-4)25(21,22)17-11-14(2)7-10-16(17)23-3/h5-11H,12H2,1-4H3. The topological polar surface area (TPSA) is 72.9 Å². The minimum atomic E-state index is -4.03. The van der Waals surface area contributed by atoms with E-state index in [0.29, 0.717) is 5.69 Å². The number of hydrogen-bond donors (Lipinski definition) is 0. The van der Waals surface area contributed by atoms with Gasteiger partial charge in [0.25, 0.3) is 10.0 Å². The summed E-state index contributed by atoms with van der Waals surface area (Å²) in [4.78, 5) is 11.8. The first-order valence-corrected chi connectivity index (χ1v) is 9.04. The van der Waals surface area contributed by atoms with Crippen LogP contribution in [0.4, 0.5) is 5.69 Å². The van der Waals surface area contributed by atoms with Crippen molar-refractivity contribution >= 4 is 21.7 Å². The lowest BCUT2D eigenvalue weighted by atomic mass is 10.2. The van der Waals surface area contributed by atoms with E-state index in [1.54, 1.807) is 43.3 Å². The third-order valence-corrected chi connectivity index (χ3v) is 5.50. The Kier molecular flexibility index (Phi) is 5.69. The average Bonchev–Trinajstić information content (AvgIpc) is 2.60. The maximum absolute atomic E-state index is 13.2. The molecule has 0 aliphatic carbocycles. The van der Waals surface area contributed by atoms with Crippen LogP contribution in [0.2, 0.25) is 0 Å². The van der Waals surface area contributed by atoms with Gasteiger partial charge in [-0.2, -0.15) is 0 Å². The zero-order valence-corrected chi connectivity index (χ0v) is 15.5. The second kappa shape index (κ2) is 7.57. The Balaban J connectivity index is 2.61. The highest BCUT2D eigenvalue weighted by molar-refractivity contribution is 7.93. The van der Waals surface area contributed by atoms with Gasteiger partial charge in [0, 0.05) is 0 Å². The molecule has 0 spiro atoms. The van der Waals surface area contributed by atoms with Crippen LogP contribution in [0, 0.1) is 13.8 Å². The second-order valence-electron chi connectivity index (χ2n) is 5.58. The molecule has 0 amide bonds. The van der Waals surface area contributed by atoms with Crippen LogP contribution in [0.25, 0.3) is 0 Å². The molecular formula is C18H21NO5S. The summed E-state index contributed by atoms with van der Waals surface area (Å²) in [5, 5.41) is 0. The summed E-state index contributed by atoms with van der Waals surface area (Å²) in [6.07, 6.45) is 0. The summed E-state index contributed by atoms with van der Waals surface area (Å²) < 4.78 is 37.4. The summed E-state index contributed by atoms with van der Waals surface area (Å²) in [6.45, 7) is 3.25. The molecule has 7 heteroatoms. The summed E-state index contributed by atoms with van der Waals surface area (Å²) in [5.74, 6) is -0.441. The quantitative estimate of drug-likeness (QED) is 0.738. The lowest BCUT2D eigenvalue weighted by Crippen LogP contribution is -2.36. The van der Waals surface area contributed by atoms with Gasteiger partial charge >= 0.3 is 5.97 Å². The fourth-order valence-electron chi connectivity index (χ4n) is 2.31. The molecule has 0 radical (unpaired) electrons. The Morgan fingerprint density at radius 3 is 2.16 bits per heavy atom. The van der Waals surface area contributed by atoms with E-state index in [9.17, 15) is 13.2 Å². The van der Waals surface area contributed by atoms with Crippen LogP contribution in [0.1, 0.15) is 11.1 Å². The summed E-state index contributed by atoms with van der Waals surface area (Å²) >= 11 is 0. The number of sulfonamides is 1. The number of ether oxygens (including phenoxy) is 2. The summed E-state index contributed by atoms with van der Waals surface area (Å²) in [6, 6.07) is 11.7. The highest BCUT2D eigenvalue weighted by atomic mass is 32.2. The minimum absolute atomic E-state index is 0.000483. The molecule has 0 atom stereocenters. The van der Waals surface area contributed by atoms with Crippen LogP contribution in [-0.2, 0) is 19.6 Å². The van der Waals surface area contributed by atoms with Gasteiger partial charge in [-0.15, -0.1) is 0 Å². The third-order valence-electron chi connectivity index (χ3n) is 3.71. The van der Waals surface area contributed by atoms with Gasteiger partial charge in [-0.25, -0.2) is 8.42 Å². The van der Waals surface area contributed by atoms with Gasteiger partial charge in [0.1, 0.15) is 17.2 Å². The van der Waals surface area contributed by atoms with Crippen molar-refractivity contribution in [2.45, 2.75) is 18.7 Å². The van der Waals surface area contributed by atoms with E-state index in [-0.39, 0.29) is 10.6 Å².